The van der Waals surface area contributed by atoms with Gasteiger partial charge in [0.2, 0.25) is 0 Å². The van der Waals surface area contributed by atoms with Crippen LogP contribution in [0.3, 0.4) is 0 Å². The molecule has 1 unspecified atom stereocenters. The summed E-state index contributed by atoms with van der Waals surface area (Å²) in [6.45, 7) is 0. The normalized spacial score (nSPS) is 14.4. The van der Waals surface area contributed by atoms with Crippen molar-refractivity contribution in [1.82, 2.24) is 4.57 Å². The van der Waals surface area contributed by atoms with Gasteiger partial charge in [-0.25, -0.2) is 0 Å². The molecular weight excluding hydrogens is 621 g/mol. The average molecular weight is 655 g/mol. The van der Waals surface area contributed by atoms with E-state index in [-0.39, 0.29) is 6.04 Å². The lowest BCUT2D eigenvalue weighted by molar-refractivity contribution is 0.669. The summed E-state index contributed by atoms with van der Waals surface area (Å²) < 4.78 is 8.61. The molecular formula is C48H34N2O. The largest absolute Gasteiger partial charge is 0.456 e. The maximum Gasteiger partial charge on any atom is 0.136 e. The Bertz CT molecular complexity index is 2800. The molecule has 0 saturated carbocycles. The minimum Gasteiger partial charge on any atom is -0.456 e. The molecule has 1 atom stereocenters. The number of nitrogens with one attached hydrogen (secondary N) is 1. The van der Waals surface area contributed by atoms with Crippen LogP contribution in [0.2, 0.25) is 0 Å². The van der Waals surface area contributed by atoms with Gasteiger partial charge in [0, 0.05) is 38.5 Å². The van der Waals surface area contributed by atoms with Gasteiger partial charge in [-0.3, -0.25) is 0 Å². The van der Waals surface area contributed by atoms with Gasteiger partial charge in [-0.15, -0.1) is 0 Å². The highest BCUT2D eigenvalue weighted by Crippen LogP contribution is 2.41. The molecule has 1 aliphatic rings. The van der Waals surface area contributed by atoms with Crippen molar-refractivity contribution in [2.75, 3.05) is 5.32 Å². The second-order valence-corrected chi connectivity index (χ2v) is 13.3. The molecule has 2 aromatic heterocycles. The molecule has 10 rings (SSSR count). The van der Waals surface area contributed by atoms with Crippen molar-refractivity contribution in [3.8, 4) is 27.9 Å². The Balaban J connectivity index is 0.980. The van der Waals surface area contributed by atoms with Crippen molar-refractivity contribution < 1.29 is 4.42 Å². The Morgan fingerprint density at radius 2 is 1.22 bits per heavy atom. The van der Waals surface area contributed by atoms with Gasteiger partial charge in [-0.1, -0.05) is 133 Å². The third-order valence-electron chi connectivity index (χ3n) is 10.3. The maximum absolute atomic E-state index is 6.24. The van der Waals surface area contributed by atoms with Gasteiger partial charge in [0.15, 0.2) is 0 Å². The Labute approximate surface area is 296 Å². The molecule has 9 aromatic rings. The van der Waals surface area contributed by atoms with Crippen molar-refractivity contribution in [2.24, 2.45) is 0 Å². The smallest absolute Gasteiger partial charge is 0.136 e. The molecule has 0 radical (unpaired) electrons. The van der Waals surface area contributed by atoms with Crippen LogP contribution in [-0.2, 0) is 0 Å². The minimum atomic E-state index is 0.128. The number of hydrogen-bond acceptors (Lipinski definition) is 2. The lowest BCUT2D eigenvalue weighted by atomic mass is 9.90. The van der Waals surface area contributed by atoms with Crippen molar-refractivity contribution in [3.05, 3.63) is 188 Å². The summed E-state index contributed by atoms with van der Waals surface area (Å²) in [6, 6.07) is 58.7. The number of fused-ring (bicyclic) bond motifs is 6. The van der Waals surface area contributed by atoms with Crippen LogP contribution in [-0.4, -0.2) is 10.6 Å². The standard InChI is InChI=1S/C48H34N2O/c1-2-13-35(14-3-1)50-44-22-10-6-17-38(44)41-31-34(29-30-45(41)50)32-25-27-33(28-26-32)36-15-4-8-20-42(36)49-43-21-9-5-16-37(43)39-19-12-24-47-48(39)40-18-7-11-23-46(40)51-47/h1-19,21-31,42,49H,20H2. The minimum absolute atomic E-state index is 0.128. The van der Waals surface area contributed by atoms with Crippen LogP contribution in [0.1, 0.15) is 12.0 Å². The van der Waals surface area contributed by atoms with Crippen LogP contribution in [0.4, 0.5) is 5.69 Å². The molecule has 3 nitrogen and oxygen atoms in total. The number of aromatic nitrogens is 1. The Kier molecular flexibility index (Phi) is 6.95. The van der Waals surface area contributed by atoms with Gasteiger partial charge in [-0.05, 0) is 82.8 Å². The molecule has 7 aromatic carbocycles. The summed E-state index contributed by atoms with van der Waals surface area (Å²) in [5.41, 5.74) is 13.8. The molecule has 0 spiro atoms. The van der Waals surface area contributed by atoms with E-state index in [0.717, 1.165) is 34.0 Å². The van der Waals surface area contributed by atoms with E-state index in [4.69, 9.17) is 4.42 Å². The first-order valence-corrected chi connectivity index (χ1v) is 17.6. The topological polar surface area (TPSA) is 30.1 Å². The molecule has 0 aliphatic heterocycles. The van der Waals surface area contributed by atoms with Crippen LogP contribution in [0.25, 0.3) is 77.3 Å². The quantitative estimate of drug-likeness (QED) is 0.193. The number of furan rings is 1. The summed E-state index contributed by atoms with van der Waals surface area (Å²) in [4.78, 5) is 0. The molecule has 0 fully saturated rings. The van der Waals surface area contributed by atoms with Crippen LogP contribution < -0.4 is 5.32 Å². The summed E-state index contributed by atoms with van der Waals surface area (Å²) >= 11 is 0. The van der Waals surface area contributed by atoms with E-state index in [1.807, 2.05) is 12.1 Å². The zero-order chi connectivity index (χ0) is 33.7. The predicted molar refractivity (Wildman–Crippen MR) is 215 cm³/mol. The second-order valence-electron chi connectivity index (χ2n) is 13.3. The number of benzene rings is 7. The first-order chi connectivity index (χ1) is 25.3. The van der Waals surface area contributed by atoms with Gasteiger partial charge in [-0.2, -0.15) is 0 Å². The first-order valence-electron chi connectivity index (χ1n) is 17.6. The summed E-state index contributed by atoms with van der Waals surface area (Å²) in [6.07, 6.45) is 7.60. The van der Waals surface area contributed by atoms with Crippen molar-refractivity contribution in [3.63, 3.8) is 0 Å². The van der Waals surface area contributed by atoms with E-state index in [1.54, 1.807) is 0 Å². The SMILES string of the molecule is C1=CCC(Nc2ccccc2-c2cccc3oc4ccccc4c23)C(c2ccc(-c3ccc4c(c3)c3ccccc3n4-c3ccccc3)cc2)=C1. The van der Waals surface area contributed by atoms with Crippen LogP contribution >= 0.6 is 0 Å². The second kappa shape index (κ2) is 12.1. The van der Waals surface area contributed by atoms with Gasteiger partial charge >= 0.3 is 0 Å². The Morgan fingerprint density at radius 3 is 2.12 bits per heavy atom. The number of nitrogens with zero attached hydrogens (tertiary/aromatic N) is 1. The summed E-state index contributed by atoms with van der Waals surface area (Å²) in [5, 5.41) is 8.77. The Hall–Kier alpha value is -6.58. The van der Waals surface area contributed by atoms with Crippen molar-refractivity contribution in [1.29, 1.82) is 0 Å². The number of para-hydroxylation sites is 4. The number of anilines is 1. The molecule has 1 N–H and O–H groups in total. The fraction of sp³-hybridized carbons (Fsp3) is 0.0417. The lowest BCUT2D eigenvalue weighted by Crippen LogP contribution is -2.22. The molecule has 1 aliphatic carbocycles. The van der Waals surface area contributed by atoms with E-state index in [0.29, 0.717) is 0 Å². The third-order valence-corrected chi connectivity index (χ3v) is 10.3. The molecule has 3 heteroatoms. The van der Waals surface area contributed by atoms with Gasteiger partial charge < -0.3 is 14.3 Å². The van der Waals surface area contributed by atoms with Crippen molar-refractivity contribution in [2.45, 2.75) is 12.5 Å². The highest BCUT2D eigenvalue weighted by molar-refractivity contribution is 6.13. The molecule has 0 bridgehead atoms. The molecule has 0 saturated heterocycles. The number of rotatable bonds is 6. The van der Waals surface area contributed by atoms with E-state index in [2.05, 4.69) is 180 Å². The van der Waals surface area contributed by atoms with E-state index < -0.39 is 0 Å². The molecule has 2 heterocycles. The molecule has 242 valence electrons. The van der Waals surface area contributed by atoms with E-state index in [9.17, 15) is 0 Å². The predicted octanol–water partition coefficient (Wildman–Crippen LogP) is 12.8. The average Bonchev–Trinajstić information content (AvgIpc) is 3.75. The van der Waals surface area contributed by atoms with E-state index >= 15 is 0 Å². The van der Waals surface area contributed by atoms with Crippen molar-refractivity contribution >= 4 is 55.0 Å². The fourth-order valence-corrected chi connectivity index (χ4v) is 7.96. The molecule has 51 heavy (non-hydrogen) atoms. The highest BCUT2D eigenvalue weighted by atomic mass is 16.3. The number of allylic oxidation sites excluding steroid dienone is 2. The first kappa shape index (κ1) is 29.3. The fourth-order valence-electron chi connectivity index (χ4n) is 7.96. The van der Waals surface area contributed by atoms with Gasteiger partial charge in [0.1, 0.15) is 11.2 Å². The van der Waals surface area contributed by atoms with E-state index in [1.165, 1.54) is 60.9 Å². The highest BCUT2D eigenvalue weighted by Gasteiger charge is 2.21. The van der Waals surface area contributed by atoms with Crippen LogP contribution in [0, 0.1) is 0 Å². The van der Waals surface area contributed by atoms with Crippen LogP contribution in [0.5, 0.6) is 0 Å². The van der Waals surface area contributed by atoms with Crippen LogP contribution in [0.15, 0.2) is 186 Å². The zero-order valence-electron chi connectivity index (χ0n) is 28.0. The van der Waals surface area contributed by atoms with Gasteiger partial charge in [0.05, 0.1) is 17.1 Å². The van der Waals surface area contributed by atoms with Gasteiger partial charge in [0.25, 0.3) is 0 Å². The number of hydrogen-bond donors (Lipinski definition) is 1. The zero-order valence-corrected chi connectivity index (χ0v) is 28.0. The molecule has 0 amide bonds. The lowest BCUT2D eigenvalue weighted by Gasteiger charge is -2.26. The Morgan fingerprint density at radius 1 is 0.529 bits per heavy atom. The monoisotopic (exact) mass is 654 g/mol. The maximum atomic E-state index is 6.24. The summed E-state index contributed by atoms with van der Waals surface area (Å²) in [7, 11) is 0. The summed E-state index contributed by atoms with van der Waals surface area (Å²) in [5.74, 6) is 0. The third kappa shape index (κ3) is 4.97.